The smallest absolute Gasteiger partial charge is 0.136 e. The molecule has 0 amide bonds. The zero-order valence-electron chi connectivity index (χ0n) is 53.4. The number of aromatic amines is 1. The third kappa shape index (κ3) is 9.09. The number of rotatable bonds is 5. The van der Waals surface area contributed by atoms with Crippen molar-refractivity contribution in [2.45, 2.75) is 0 Å². The van der Waals surface area contributed by atoms with Gasteiger partial charge in [0.1, 0.15) is 22.3 Å². The van der Waals surface area contributed by atoms with Gasteiger partial charge in [0.25, 0.3) is 0 Å². The van der Waals surface area contributed by atoms with Crippen LogP contribution in [-0.2, 0) is 0 Å². The van der Waals surface area contributed by atoms with E-state index in [1.807, 2.05) is 36.4 Å². The summed E-state index contributed by atoms with van der Waals surface area (Å²) in [7, 11) is 0. The number of fused-ring (bicyclic) bond motifs is 22. The molecule has 464 valence electrons. The topological polar surface area (TPSA) is 56.9 Å². The SMILES string of the molecule is Brc1ccc(-c2cccc3oc4ccccc4c23)cc1.c1ccc(-n2c3cc4[nH]c5ccccc5c4cc3c3c4ccccc4ccc32)cc1.c1ccc(-n2c3cc4c(cc3c3c5ccccc5ccc32)c2ccccc2n4-c2ccc(-c3cccc4oc5ccccc5c34)cc2)cc1. The summed E-state index contributed by atoms with van der Waals surface area (Å²) in [5, 5.41) is 20.0. The Balaban J connectivity index is 0.000000112. The molecule has 0 unspecified atom stereocenters. The summed E-state index contributed by atoms with van der Waals surface area (Å²) in [5.74, 6) is 0. The normalized spacial score (nSPS) is 11.9. The fourth-order valence-electron chi connectivity index (χ4n) is 15.8. The molecule has 0 bridgehead atoms. The van der Waals surface area contributed by atoms with E-state index in [2.05, 4.69) is 338 Å². The van der Waals surface area contributed by atoms with Gasteiger partial charge >= 0.3 is 0 Å². The zero-order chi connectivity index (χ0) is 65.2. The highest BCUT2D eigenvalue weighted by Crippen LogP contribution is 2.45. The van der Waals surface area contributed by atoms with Gasteiger partial charge in [-0.05, 0) is 165 Å². The van der Waals surface area contributed by atoms with Gasteiger partial charge in [-0.2, -0.15) is 0 Å². The van der Waals surface area contributed by atoms with Crippen LogP contribution in [0.1, 0.15) is 0 Å². The first-order chi connectivity index (χ1) is 49.0. The predicted octanol–water partition coefficient (Wildman–Crippen LogP) is 26.2. The maximum Gasteiger partial charge on any atom is 0.136 e. The Kier molecular flexibility index (Phi) is 13.0. The fraction of sp³-hybridized carbons (Fsp3) is 0. The second-order valence-corrected chi connectivity index (χ2v) is 26.6. The van der Waals surface area contributed by atoms with Crippen LogP contribution in [0.25, 0.3) is 192 Å². The number of para-hydroxylation sites is 6. The number of halogens is 1. The number of hydrogen-bond donors (Lipinski definition) is 1. The molecule has 6 aromatic heterocycles. The third-order valence-electron chi connectivity index (χ3n) is 20.2. The molecule has 0 saturated carbocycles. The second-order valence-electron chi connectivity index (χ2n) is 25.6. The van der Waals surface area contributed by atoms with Crippen molar-refractivity contribution in [3.8, 4) is 39.3 Å². The van der Waals surface area contributed by atoms with E-state index in [-0.39, 0.29) is 0 Å². The van der Waals surface area contributed by atoms with Crippen LogP contribution in [0.2, 0.25) is 0 Å². The van der Waals surface area contributed by atoms with Crippen LogP contribution >= 0.6 is 15.9 Å². The Morgan fingerprint density at radius 2 is 0.657 bits per heavy atom. The largest absolute Gasteiger partial charge is 0.456 e. The molecule has 16 aromatic carbocycles. The van der Waals surface area contributed by atoms with Gasteiger partial charge in [-0.3, -0.25) is 0 Å². The molecular formula is C92H57BrN4O2. The van der Waals surface area contributed by atoms with Gasteiger partial charge in [-0.25, -0.2) is 0 Å². The summed E-state index contributed by atoms with van der Waals surface area (Å²) in [4.78, 5) is 3.62. The average Bonchev–Trinajstić information content (AvgIpc) is 1.56. The lowest BCUT2D eigenvalue weighted by Crippen LogP contribution is -1.96. The Morgan fingerprint density at radius 3 is 1.23 bits per heavy atom. The van der Waals surface area contributed by atoms with Crippen molar-refractivity contribution in [2.75, 3.05) is 0 Å². The fourth-order valence-corrected chi connectivity index (χ4v) is 16.1. The summed E-state index contributed by atoms with van der Waals surface area (Å²) in [6, 6.07) is 121. The molecular weight excluding hydrogens is 1270 g/mol. The van der Waals surface area contributed by atoms with Gasteiger partial charge in [0.05, 0.1) is 33.1 Å². The molecule has 0 aliphatic heterocycles. The third-order valence-corrected chi connectivity index (χ3v) is 20.7. The molecule has 0 spiro atoms. The minimum Gasteiger partial charge on any atom is -0.456 e. The first kappa shape index (κ1) is 56.6. The summed E-state index contributed by atoms with van der Waals surface area (Å²) < 4.78 is 20.5. The van der Waals surface area contributed by atoms with Crippen LogP contribution in [0.5, 0.6) is 0 Å². The molecule has 1 N–H and O–H groups in total. The van der Waals surface area contributed by atoms with Crippen molar-refractivity contribution in [2.24, 2.45) is 0 Å². The quantitative estimate of drug-likeness (QED) is 0.187. The molecule has 7 heteroatoms. The molecule has 0 fully saturated rings. The lowest BCUT2D eigenvalue weighted by atomic mass is 9.99. The molecule has 0 atom stereocenters. The highest BCUT2D eigenvalue weighted by Gasteiger charge is 2.22. The summed E-state index contributed by atoms with van der Waals surface area (Å²) in [5.41, 5.74) is 21.6. The van der Waals surface area contributed by atoms with Crippen molar-refractivity contribution in [1.29, 1.82) is 0 Å². The number of nitrogens with one attached hydrogen (secondary N) is 1. The number of benzene rings is 16. The van der Waals surface area contributed by atoms with Crippen LogP contribution in [0.15, 0.2) is 353 Å². The number of hydrogen-bond acceptors (Lipinski definition) is 2. The molecule has 22 rings (SSSR count). The second kappa shape index (κ2) is 22.7. The van der Waals surface area contributed by atoms with E-state index in [9.17, 15) is 0 Å². The lowest BCUT2D eigenvalue weighted by molar-refractivity contribution is 0.668. The van der Waals surface area contributed by atoms with Gasteiger partial charge in [0.2, 0.25) is 0 Å². The molecule has 22 aromatic rings. The number of furan rings is 2. The highest BCUT2D eigenvalue weighted by atomic mass is 79.9. The zero-order valence-corrected chi connectivity index (χ0v) is 55.0. The van der Waals surface area contributed by atoms with Crippen LogP contribution in [-0.4, -0.2) is 18.7 Å². The number of H-pyrrole nitrogens is 1. The van der Waals surface area contributed by atoms with E-state index in [1.165, 1.54) is 147 Å². The molecule has 6 nitrogen and oxygen atoms in total. The molecule has 0 radical (unpaired) electrons. The number of aromatic nitrogens is 4. The Hall–Kier alpha value is -12.7. The maximum absolute atomic E-state index is 6.21. The Labute approximate surface area is 575 Å². The van der Waals surface area contributed by atoms with Crippen molar-refractivity contribution in [3.63, 3.8) is 0 Å². The van der Waals surface area contributed by atoms with Crippen LogP contribution in [0.3, 0.4) is 0 Å². The Bertz CT molecular complexity index is 6970. The van der Waals surface area contributed by atoms with Gasteiger partial charge in [0.15, 0.2) is 0 Å². The molecule has 99 heavy (non-hydrogen) atoms. The van der Waals surface area contributed by atoms with Gasteiger partial charge in [-0.1, -0.05) is 234 Å². The van der Waals surface area contributed by atoms with Gasteiger partial charge < -0.3 is 27.5 Å². The van der Waals surface area contributed by atoms with Crippen LogP contribution < -0.4 is 0 Å². The van der Waals surface area contributed by atoms with E-state index >= 15 is 0 Å². The monoisotopic (exact) mass is 1330 g/mol. The summed E-state index contributed by atoms with van der Waals surface area (Å²) in [6.07, 6.45) is 0. The predicted molar refractivity (Wildman–Crippen MR) is 420 cm³/mol. The molecule has 0 aliphatic carbocycles. The lowest BCUT2D eigenvalue weighted by Gasteiger charge is -2.11. The van der Waals surface area contributed by atoms with Crippen LogP contribution in [0.4, 0.5) is 0 Å². The van der Waals surface area contributed by atoms with E-state index in [0.29, 0.717) is 0 Å². The minimum atomic E-state index is 0.913. The van der Waals surface area contributed by atoms with Crippen LogP contribution in [0, 0.1) is 0 Å². The van der Waals surface area contributed by atoms with E-state index < -0.39 is 0 Å². The van der Waals surface area contributed by atoms with Crippen molar-refractivity contribution >= 4 is 169 Å². The minimum absolute atomic E-state index is 0.913. The van der Waals surface area contributed by atoms with Crippen molar-refractivity contribution in [1.82, 2.24) is 18.7 Å². The van der Waals surface area contributed by atoms with Gasteiger partial charge in [0, 0.05) is 97.2 Å². The van der Waals surface area contributed by atoms with E-state index in [4.69, 9.17) is 8.83 Å². The first-order valence-corrected chi connectivity index (χ1v) is 34.4. The molecule has 0 saturated heterocycles. The van der Waals surface area contributed by atoms with E-state index in [0.717, 1.165) is 49.0 Å². The molecule has 0 aliphatic rings. The standard InChI is InChI=1S/C46H28N2O.C28H18N2.C18H11BrO/c1-2-12-31(13-3-1)48-40-26-23-29-11-4-5-14-33(29)45(40)38-27-37-35-15-6-8-18-39(35)47(41(37)28-42(38)48)32-24-21-30(22-25-32)34-17-10-20-44-46(34)36-16-7-9-19-43(36)49-44;1-2-9-19(10-3-1)30-26-15-14-18-8-4-5-11-20(18)28(26)23-16-22-21-12-6-7-13-24(21)29-25(22)17-27(23)30;19-13-10-8-12(9-11-13)14-5-3-7-17-18(14)15-4-1-2-6-16(15)20-17/h1-28H;1-17,29H;1-11H. The van der Waals surface area contributed by atoms with Crippen molar-refractivity contribution < 1.29 is 8.83 Å². The average molecular weight is 1330 g/mol. The first-order valence-electron chi connectivity index (χ1n) is 33.6. The Morgan fingerprint density at radius 1 is 0.232 bits per heavy atom. The highest BCUT2D eigenvalue weighted by molar-refractivity contribution is 9.10. The number of nitrogens with zero attached hydrogens (tertiary/aromatic N) is 3. The molecule has 6 heterocycles. The van der Waals surface area contributed by atoms with Crippen molar-refractivity contribution in [3.05, 3.63) is 344 Å². The summed E-state index contributed by atoms with van der Waals surface area (Å²) in [6.45, 7) is 0. The maximum atomic E-state index is 6.21. The van der Waals surface area contributed by atoms with E-state index in [1.54, 1.807) is 0 Å². The summed E-state index contributed by atoms with van der Waals surface area (Å²) >= 11 is 3.48. The van der Waals surface area contributed by atoms with Gasteiger partial charge in [-0.15, -0.1) is 0 Å².